The monoisotopic (exact) mass is 453 g/mol. The number of carbonyl (C=O) groups is 1. The van der Waals surface area contributed by atoms with Crippen molar-refractivity contribution in [2.75, 3.05) is 18.2 Å². The summed E-state index contributed by atoms with van der Waals surface area (Å²) in [5, 5.41) is 4.15. The van der Waals surface area contributed by atoms with Crippen LogP contribution in [-0.4, -0.2) is 28.3 Å². The number of hydrogen-bond donors (Lipinski definition) is 1. The van der Waals surface area contributed by atoms with E-state index in [9.17, 15) is 4.79 Å². The maximum Gasteiger partial charge on any atom is 0.234 e. The van der Waals surface area contributed by atoms with Gasteiger partial charge in [0.15, 0.2) is 5.16 Å². The molecule has 8 heteroatoms. The average molecular weight is 454 g/mol. The van der Waals surface area contributed by atoms with E-state index in [1.807, 2.05) is 47.2 Å². The first-order valence-corrected chi connectivity index (χ1v) is 10.9. The first kappa shape index (κ1) is 21.1. The summed E-state index contributed by atoms with van der Waals surface area (Å²) in [7, 11) is 1.64. The Bertz CT molecular complexity index is 1160. The second kappa shape index (κ2) is 9.76. The maximum atomic E-state index is 12.4. The molecule has 158 valence electrons. The predicted molar refractivity (Wildman–Crippen MR) is 123 cm³/mol. The van der Waals surface area contributed by atoms with Crippen LogP contribution < -0.4 is 10.1 Å². The fourth-order valence-corrected chi connectivity index (χ4v) is 4.04. The van der Waals surface area contributed by atoms with Crippen molar-refractivity contribution in [3.8, 4) is 17.0 Å². The fourth-order valence-electron chi connectivity index (χ4n) is 3.07. The lowest BCUT2D eigenvalue weighted by Gasteiger charge is -2.11. The highest BCUT2D eigenvalue weighted by Gasteiger charge is 2.15. The molecule has 1 amide bonds. The number of halogens is 1. The Morgan fingerprint density at radius 2 is 2.03 bits per heavy atom. The number of amides is 1. The molecule has 2 aromatic carbocycles. The van der Waals surface area contributed by atoms with Crippen LogP contribution in [0.25, 0.3) is 11.3 Å². The highest BCUT2D eigenvalue weighted by Crippen LogP contribution is 2.29. The van der Waals surface area contributed by atoms with E-state index in [1.165, 1.54) is 11.8 Å². The van der Waals surface area contributed by atoms with Crippen molar-refractivity contribution in [3.05, 3.63) is 83.9 Å². The van der Waals surface area contributed by atoms with Crippen LogP contribution in [0.2, 0.25) is 5.02 Å². The average Bonchev–Trinajstić information content (AvgIpc) is 3.43. The Hall–Kier alpha value is -3.16. The molecule has 0 unspecified atom stereocenters. The minimum Gasteiger partial charge on any atom is -0.497 e. The van der Waals surface area contributed by atoms with Crippen LogP contribution in [0, 0.1) is 0 Å². The highest BCUT2D eigenvalue weighted by molar-refractivity contribution is 7.99. The van der Waals surface area contributed by atoms with Gasteiger partial charge in [-0.2, -0.15) is 0 Å². The van der Waals surface area contributed by atoms with Crippen molar-refractivity contribution in [3.63, 3.8) is 0 Å². The van der Waals surface area contributed by atoms with E-state index in [0.29, 0.717) is 17.3 Å². The molecule has 0 saturated heterocycles. The molecule has 31 heavy (non-hydrogen) atoms. The molecule has 0 bridgehead atoms. The van der Waals surface area contributed by atoms with E-state index >= 15 is 0 Å². The van der Waals surface area contributed by atoms with Gasteiger partial charge < -0.3 is 19.0 Å². The third-order valence-corrected chi connectivity index (χ3v) is 5.77. The molecule has 4 aromatic rings. The molecule has 0 aliphatic rings. The summed E-state index contributed by atoms with van der Waals surface area (Å²) in [6, 6.07) is 18.6. The zero-order valence-electron chi connectivity index (χ0n) is 16.7. The lowest BCUT2D eigenvalue weighted by Crippen LogP contribution is -2.14. The minimum atomic E-state index is -0.134. The Labute approximate surface area is 189 Å². The van der Waals surface area contributed by atoms with E-state index in [0.717, 1.165) is 27.9 Å². The zero-order valence-corrected chi connectivity index (χ0v) is 18.3. The number of nitrogens with zero attached hydrogens (tertiary/aromatic N) is 2. The van der Waals surface area contributed by atoms with E-state index in [4.69, 9.17) is 20.8 Å². The van der Waals surface area contributed by atoms with E-state index < -0.39 is 0 Å². The van der Waals surface area contributed by atoms with Crippen LogP contribution in [0.15, 0.2) is 82.7 Å². The number of methoxy groups -OCH3 is 1. The van der Waals surface area contributed by atoms with E-state index in [2.05, 4.69) is 10.3 Å². The number of imidazole rings is 1. The van der Waals surface area contributed by atoms with Crippen molar-refractivity contribution in [2.45, 2.75) is 11.7 Å². The van der Waals surface area contributed by atoms with Gasteiger partial charge in [0, 0.05) is 16.3 Å². The van der Waals surface area contributed by atoms with Crippen LogP contribution in [0.4, 0.5) is 5.69 Å². The van der Waals surface area contributed by atoms with Gasteiger partial charge in [-0.25, -0.2) is 4.98 Å². The zero-order chi connectivity index (χ0) is 21.6. The van der Waals surface area contributed by atoms with Crippen molar-refractivity contribution in [1.29, 1.82) is 0 Å². The third-order valence-electron chi connectivity index (χ3n) is 4.54. The number of ether oxygens (including phenoxy) is 1. The molecule has 0 spiro atoms. The Kier molecular flexibility index (Phi) is 6.64. The van der Waals surface area contributed by atoms with Crippen LogP contribution >= 0.6 is 23.4 Å². The summed E-state index contributed by atoms with van der Waals surface area (Å²) in [4.78, 5) is 17.0. The molecule has 2 heterocycles. The third kappa shape index (κ3) is 5.31. The lowest BCUT2D eigenvalue weighted by molar-refractivity contribution is -0.113. The Morgan fingerprint density at radius 1 is 1.19 bits per heavy atom. The van der Waals surface area contributed by atoms with Gasteiger partial charge >= 0.3 is 0 Å². The summed E-state index contributed by atoms with van der Waals surface area (Å²) < 4.78 is 12.8. The highest BCUT2D eigenvalue weighted by atomic mass is 35.5. The van der Waals surface area contributed by atoms with Crippen LogP contribution in [0.3, 0.4) is 0 Å². The number of aromatic nitrogens is 2. The van der Waals surface area contributed by atoms with Gasteiger partial charge in [0.2, 0.25) is 5.91 Å². The van der Waals surface area contributed by atoms with Gasteiger partial charge in [0.1, 0.15) is 11.5 Å². The standard InChI is InChI=1S/C23H20ClN3O3S/c1-29-19-9-7-16(8-10-19)21-13-25-23(27(21)14-20-6-3-11-30-20)31-15-22(28)26-18-5-2-4-17(24)12-18/h2-13H,14-15H2,1H3,(H,26,28). The van der Waals surface area contributed by atoms with Crippen molar-refractivity contribution >= 4 is 35.0 Å². The van der Waals surface area contributed by atoms with Gasteiger partial charge in [-0.3, -0.25) is 4.79 Å². The van der Waals surface area contributed by atoms with Crippen LogP contribution in [-0.2, 0) is 11.3 Å². The lowest BCUT2D eigenvalue weighted by atomic mass is 10.1. The number of benzene rings is 2. The van der Waals surface area contributed by atoms with Crippen LogP contribution in [0.1, 0.15) is 5.76 Å². The van der Waals surface area contributed by atoms with Gasteiger partial charge in [-0.05, 0) is 54.6 Å². The SMILES string of the molecule is COc1ccc(-c2cnc(SCC(=O)Nc3cccc(Cl)c3)n2Cc2ccco2)cc1. The largest absolute Gasteiger partial charge is 0.497 e. The molecular formula is C23H20ClN3O3S. The van der Waals surface area contributed by atoms with Crippen LogP contribution in [0.5, 0.6) is 5.75 Å². The molecular weight excluding hydrogens is 434 g/mol. The summed E-state index contributed by atoms with van der Waals surface area (Å²) >= 11 is 7.35. The number of carbonyl (C=O) groups excluding carboxylic acids is 1. The Morgan fingerprint density at radius 3 is 2.74 bits per heavy atom. The fraction of sp³-hybridized carbons (Fsp3) is 0.130. The summed E-state index contributed by atoms with van der Waals surface area (Å²) in [6.45, 7) is 0.507. The molecule has 0 atom stereocenters. The predicted octanol–water partition coefficient (Wildman–Crippen LogP) is 5.58. The van der Waals surface area contributed by atoms with Crippen molar-refractivity contribution in [1.82, 2.24) is 9.55 Å². The minimum absolute atomic E-state index is 0.134. The molecule has 4 rings (SSSR count). The van der Waals surface area contributed by atoms with Gasteiger partial charge in [0.05, 0.1) is 37.6 Å². The van der Waals surface area contributed by atoms with Crippen molar-refractivity contribution in [2.24, 2.45) is 0 Å². The molecule has 0 saturated carbocycles. The summed E-state index contributed by atoms with van der Waals surface area (Å²) in [5.41, 5.74) is 2.59. The molecule has 0 aliphatic carbocycles. The molecule has 2 aromatic heterocycles. The maximum absolute atomic E-state index is 12.4. The van der Waals surface area contributed by atoms with E-state index in [1.54, 1.807) is 37.6 Å². The van der Waals surface area contributed by atoms with Gasteiger partial charge in [-0.15, -0.1) is 0 Å². The van der Waals surface area contributed by atoms with Crippen molar-refractivity contribution < 1.29 is 13.9 Å². The Balaban J connectivity index is 1.53. The number of hydrogen-bond acceptors (Lipinski definition) is 5. The van der Waals surface area contributed by atoms with Gasteiger partial charge in [0.25, 0.3) is 0 Å². The number of furan rings is 1. The van der Waals surface area contributed by atoms with E-state index in [-0.39, 0.29) is 11.7 Å². The summed E-state index contributed by atoms with van der Waals surface area (Å²) in [5.74, 6) is 1.67. The normalized spacial score (nSPS) is 10.8. The number of thioether (sulfide) groups is 1. The molecule has 1 N–H and O–H groups in total. The molecule has 0 radical (unpaired) electrons. The number of anilines is 1. The number of rotatable bonds is 8. The first-order valence-electron chi connectivity index (χ1n) is 9.53. The topological polar surface area (TPSA) is 69.3 Å². The second-order valence-corrected chi connectivity index (χ2v) is 8.05. The first-order chi connectivity index (χ1) is 15.1. The molecule has 0 aliphatic heterocycles. The number of nitrogens with one attached hydrogen (secondary N) is 1. The second-order valence-electron chi connectivity index (χ2n) is 6.67. The molecule has 6 nitrogen and oxygen atoms in total. The smallest absolute Gasteiger partial charge is 0.234 e. The van der Waals surface area contributed by atoms with Gasteiger partial charge in [-0.1, -0.05) is 29.4 Å². The summed E-state index contributed by atoms with van der Waals surface area (Å²) in [6.07, 6.45) is 3.45. The molecule has 0 fully saturated rings. The quantitative estimate of drug-likeness (QED) is 0.352.